The number of carbonyl (C=O) groups is 1. The number of hydrogen-bond donors (Lipinski definition) is 0. The number of hydrogen-bond acceptors (Lipinski definition) is 5. The highest BCUT2D eigenvalue weighted by atomic mass is 32.1. The van der Waals surface area contributed by atoms with Crippen LogP contribution in [0, 0.1) is 6.92 Å². The Labute approximate surface area is 164 Å². The van der Waals surface area contributed by atoms with Crippen LogP contribution in [0.4, 0.5) is 0 Å². The van der Waals surface area contributed by atoms with E-state index in [1.54, 1.807) is 0 Å². The number of rotatable bonds is 5. The summed E-state index contributed by atoms with van der Waals surface area (Å²) in [6.07, 6.45) is 0. The molecule has 0 aliphatic rings. The third kappa shape index (κ3) is 3.71. The largest absolute Gasteiger partial charge is 0.380 e. The van der Waals surface area contributed by atoms with Gasteiger partial charge in [0.15, 0.2) is 9.81 Å². The SMILES string of the molecule is CCOCCn1c(=NC(=O)c2nc3ccccc3s2)sc2cc(C)ccc21. The number of ether oxygens (including phenoxy) is 1. The molecular formula is C20H19N3O2S2. The first-order chi connectivity index (χ1) is 13.2. The van der Waals surface area contributed by atoms with Gasteiger partial charge in [-0.3, -0.25) is 4.79 Å². The Hall–Kier alpha value is -2.35. The van der Waals surface area contributed by atoms with Crippen molar-refractivity contribution in [1.82, 2.24) is 9.55 Å². The highest BCUT2D eigenvalue weighted by molar-refractivity contribution is 7.20. The van der Waals surface area contributed by atoms with Gasteiger partial charge in [0.1, 0.15) is 0 Å². The van der Waals surface area contributed by atoms with Crippen LogP contribution in [-0.4, -0.2) is 28.7 Å². The molecule has 2 aromatic carbocycles. The highest BCUT2D eigenvalue weighted by Crippen LogP contribution is 2.23. The van der Waals surface area contributed by atoms with Gasteiger partial charge in [0.25, 0.3) is 0 Å². The Bertz CT molecular complexity index is 1150. The molecule has 138 valence electrons. The molecule has 0 aliphatic heterocycles. The molecule has 0 spiro atoms. The molecule has 27 heavy (non-hydrogen) atoms. The Morgan fingerprint density at radius 2 is 2.04 bits per heavy atom. The summed E-state index contributed by atoms with van der Waals surface area (Å²) in [7, 11) is 0. The van der Waals surface area contributed by atoms with E-state index in [0.717, 1.165) is 20.4 Å². The number of carbonyl (C=O) groups excluding carboxylic acids is 1. The van der Waals surface area contributed by atoms with Gasteiger partial charge in [0.2, 0.25) is 0 Å². The second-order valence-electron chi connectivity index (χ2n) is 6.11. The third-order valence-corrected chi connectivity index (χ3v) is 6.24. The number of benzene rings is 2. The van der Waals surface area contributed by atoms with Crippen LogP contribution in [0.25, 0.3) is 20.4 Å². The maximum atomic E-state index is 12.8. The number of aromatic nitrogens is 2. The first-order valence-corrected chi connectivity index (χ1v) is 10.4. The molecule has 7 heteroatoms. The minimum absolute atomic E-state index is 0.301. The lowest BCUT2D eigenvalue weighted by Crippen LogP contribution is -2.19. The topological polar surface area (TPSA) is 56.5 Å². The molecule has 1 amide bonds. The molecule has 0 radical (unpaired) electrons. The molecule has 0 saturated carbocycles. The van der Waals surface area contributed by atoms with Crippen LogP contribution >= 0.6 is 22.7 Å². The maximum absolute atomic E-state index is 12.8. The van der Waals surface area contributed by atoms with Crippen molar-refractivity contribution in [2.45, 2.75) is 20.4 Å². The fourth-order valence-electron chi connectivity index (χ4n) is 2.88. The number of nitrogens with zero attached hydrogens (tertiary/aromatic N) is 3. The van der Waals surface area contributed by atoms with Gasteiger partial charge in [0.05, 0.1) is 27.0 Å². The van der Waals surface area contributed by atoms with Crippen molar-refractivity contribution in [3.63, 3.8) is 0 Å². The van der Waals surface area contributed by atoms with Gasteiger partial charge in [-0.1, -0.05) is 29.5 Å². The summed E-state index contributed by atoms with van der Waals surface area (Å²) in [5.74, 6) is -0.301. The summed E-state index contributed by atoms with van der Waals surface area (Å²) >= 11 is 2.90. The molecule has 0 bridgehead atoms. The fraction of sp³-hybridized carbons (Fsp3) is 0.250. The van der Waals surface area contributed by atoms with E-state index in [1.807, 2.05) is 31.2 Å². The number of amides is 1. The van der Waals surface area contributed by atoms with Gasteiger partial charge >= 0.3 is 5.91 Å². The Kier molecular flexibility index (Phi) is 5.15. The van der Waals surface area contributed by atoms with Crippen molar-refractivity contribution < 1.29 is 9.53 Å². The Balaban J connectivity index is 1.78. The number of fused-ring (bicyclic) bond motifs is 2. The summed E-state index contributed by atoms with van der Waals surface area (Å²) in [6, 6.07) is 14.0. The van der Waals surface area contributed by atoms with Crippen LogP contribution in [0.15, 0.2) is 47.5 Å². The van der Waals surface area contributed by atoms with Gasteiger partial charge in [-0.05, 0) is 43.7 Å². The van der Waals surface area contributed by atoms with Crippen molar-refractivity contribution in [1.29, 1.82) is 0 Å². The zero-order chi connectivity index (χ0) is 18.8. The van der Waals surface area contributed by atoms with E-state index in [0.29, 0.717) is 29.6 Å². The summed E-state index contributed by atoms with van der Waals surface area (Å²) in [5, 5.41) is 0.418. The van der Waals surface area contributed by atoms with E-state index in [4.69, 9.17) is 4.74 Å². The molecule has 2 heterocycles. The van der Waals surface area contributed by atoms with Crippen molar-refractivity contribution in [3.8, 4) is 0 Å². The zero-order valence-corrected chi connectivity index (χ0v) is 16.8. The molecule has 5 nitrogen and oxygen atoms in total. The molecule has 0 N–H and O–H groups in total. The minimum Gasteiger partial charge on any atom is -0.380 e. The summed E-state index contributed by atoms with van der Waals surface area (Å²) in [4.78, 5) is 22.3. The predicted molar refractivity (Wildman–Crippen MR) is 111 cm³/mol. The molecule has 0 aliphatic carbocycles. The normalized spacial score (nSPS) is 12.3. The van der Waals surface area contributed by atoms with Gasteiger partial charge in [-0.2, -0.15) is 4.99 Å². The molecule has 0 saturated heterocycles. The van der Waals surface area contributed by atoms with Crippen molar-refractivity contribution in [2.24, 2.45) is 4.99 Å². The van der Waals surface area contributed by atoms with Crippen LogP contribution in [0.1, 0.15) is 22.3 Å². The molecule has 2 aromatic heterocycles. The second kappa shape index (κ2) is 7.72. The van der Waals surface area contributed by atoms with Gasteiger partial charge in [-0.15, -0.1) is 11.3 Å². The Morgan fingerprint density at radius 3 is 2.85 bits per heavy atom. The predicted octanol–water partition coefficient (Wildman–Crippen LogP) is 4.40. The van der Waals surface area contributed by atoms with Crippen molar-refractivity contribution in [3.05, 3.63) is 57.8 Å². The van der Waals surface area contributed by atoms with E-state index in [1.165, 1.54) is 28.2 Å². The highest BCUT2D eigenvalue weighted by Gasteiger charge is 2.13. The summed E-state index contributed by atoms with van der Waals surface area (Å²) in [6.45, 7) is 5.94. The van der Waals surface area contributed by atoms with Crippen LogP contribution in [0.5, 0.6) is 0 Å². The van der Waals surface area contributed by atoms with E-state index in [9.17, 15) is 4.79 Å². The molecule has 0 unspecified atom stereocenters. The van der Waals surface area contributed by atoms with Crippen LogP contribution in [-0.2, 0) is 11.3 Å². The lowest BCUT2D eigenvalue weighted by molar-refractivity contribution is 0.0996. The van der Waals surface area contributed by atoms with E-state index in [-0.39, 0.29) is 5.91 Å². The molecule has 4 aromatic rings. The monoisotopic (exact) mass is 397 g/mol. The average Bonchev–Trinajstić information content (AvgIpc) is 3.23. The van der Waals surface area contributed by atoms with Gasteiger partial charge in [0, 0.05) is 13.2 Å². The molecule has 0 fully saturated rings. The number of para-hydroxylation sites is 1. The molecular weight excluding hydrogens is 378 g/mol. The van der Waals surface area contributed by atoms with Crippen LogP contribution in [0.2, 0.25) is 0 Å². The van der Waals surface area contributed by atoms with E-state index in [2.05, 4.69) is 39.7 Å². The van der Waals surface area contributed by atoms with E-state index >= 15 is 0 Å². The second-order valence-corrected chi connectivity index (χ2v) is 8.15. The smallest absolute Gasteiger partial charge is 0.308 e. The fourth-order valence-corrected chi connectivity index (χ4v) is 4.88. The summed E-state index contributed by atoms with van der Waals surface area (Å²) < 4.78 is 9.67. The van der Waals surface area contributed by atoms with Crippen LogP contribution < -0.4 is 4.80 Å². The lowest BCUT2D eigenvalue weighted by atomic mass is 10.2. The minimum atomic E-state index is -0.301. The third-order valence-electron chi connectivity index (χ3n) is 4.18. The number of thiazole rings is 2. The Morgan fingerprint density at radius 1 is 1.19 bits per heavy atom. The van der Waals surface area contributed by atoms with Gasteiger partial charge in [-0.25, -0.2) is 4.98 Å². The van der Waals surface area contributed by atoms with Gasteiger partial charge < -0.3 is 9.30 Å². The molecule has 4 rings (SSSR count). The van der Waals surface area contributed by atoms with Crippen molar-refractivity contribution >= 4 is 49.0 Å². The van der Waals surface area contributed by atoms with E-state index < -0.39 is 0 Å². The summed E-state index contributed by atoms with van der Waals surface area (Å²) in [5.41, 5.74) is 3.09. The average molecular weight is 398 g/mol. The van der Waals surface area contributed by atoms with Crippen LogP contribution in [0.3, 0.4) is 0 Å². The first-order valence-electron chi connectivity index (χ1n) is 8.78. The van der Waals surface area contributed by atoms with Crippen molar-refractivity contribution in [2.75, 3.05) is 13.2 Å². The first kappa shape index (κ1) is 18.0. The molecule has 0 atom stereocenters. The quantitative estimate of drug-likeness (QED) is 0.469. The maximum Gasteiger partial charge on any atom is 0.308 e. The number of aryl methyl sites for hydroxylation is 1. The zero-order valence-electron chi connectivity index (χ0n) is 15.1. The standard InChI is InChI=1S/C20H19N3O2S2/c1-3-25-11-10-23-15-9-8-13(2)12-17(15)27-20(23)22-18(24)19-21-14-6-4-5-7-16(14)26-19/h4-9,12H,3,10-11H2,1-2H3. The lowest BCUT2D eigenvalue weighted by Gasteiger charge is -2.05.